The predicted octanol–water partition coefficient (Wildman–Crippen LogP) is 4.73. The summed E-state index contributed by atoms with van der Waals surface area (Å²) in [6.07, 6.45) is 4.91. The molecule has 1 aromatic heterocycles. The fourth-order valence-corrected chi connectivity index (χ4v) is 4.67. The monoisotopic (exact) mass is 351 g/mol. The van der Waals surface area contributed by atoms with Crippen molar-refractivity contribution in [2.24, 2.45) is 0 Å². The van der Waals surface area contributed by atoms with Gasteiger partial charge in [0.2, 0.25) is 0 Å². The topological polar surface area (TPSA) is 50.2 Å². The first-order chi connectivity index (χ1) is 12.0. The van der Waals surface area contributed by atoms with Crippen LogP contribution in [0.4, 0.5) is 0 Å². The van der Waals surface area contributed by atoms with E-state index in [0.29, 0.717) is 5.69 Å². The van der Waals surface area contributed by atoms with Crippen LogP contribution in [-0.2, 0) is 5.41 Å². The summed E-state index contributed by atoms with van der Waals surface area (Å²) in [5.41, 5.74) is 3.37. The van der Waals surface area contributed by atoms with Crippen LogP contribution in [0.3, 0.4) is 0 Å². The van der Waals surface area contributed by atoms with E-state index in [2.05, 4.69) is 48.9 Å². The molecule has 0 spiro atoms. The molecule has 3 nitrogen and oxygen atoms in total. The molecule has 0 radical (unpaired) electrons. The van der Waals surface area contributed by atoms with Crippen molar-refractivity contribution in [1.29, 1.82) is 0 Å². The Kier molecular flexibility index (Phi) is 5.15. The van der Waals surface area contributed by atoms with Crippen LogP contribution in [0.1, 0.15) is 60.3 Å². The number of aromatic nitrogens is 1. The Morgan fingerprint density at radius 1 is 1.32 bits per heavy atom. The first kappa shape index (κ1) is 17.6. The average Bonchev–Trinajstić information content (AvgIpc) is 2.61. The summed E-state index contributed by atoms with van der Waals surface area (Å²) < 4.78 is 0. The van der Waals surface area contributed by atoms with E-state index in [-0.39, 0.29) is 11.0 Å². The van der Waals surface area contributed by atoms with Crippen LogP contribution in [0, 0.1) is 11.8 Å². The van der Waals surface area contributed by atoms with Crippen LogP contribution in [0.15, 0.2) is 41.4 Å². The van der Waals surface area contributed by atoms with E-state index >= 15 is 0 Å². The van der Waals surface area contributed by atoms with Crippen LogP contribution in [0.25, 0.3) is 0 Å². The molecule has 4 heteroatoms. The molecule has 1 N–H and O–H groups in total. The third kappa shape index (κ3) is 3.88. The van der Waals surface area contributed by atoms with Gasteiger partial charge in [-0.25, -0.2) is 9.78 Å². The molecule has 1 atom stereocenters. The van der Waals surface area contributed by atoms with Crippen LogP contribution in [0.5, 0.6) is 0 Å². The summed E-state index contributed by atoms with van der Waals surface area (Å²) in [7, 11) is 0. The van der Waals surface area contributed by atoms with E-state index < -0.39 is 5.97 Å². The highest BCUT2D eigenvalue weighted by Crippen LogP contribution is 2.44. The van der Waals surface area contributed by atoms with Gasteiger partial charge in [0.05, 0.1) is 5.56 Å². The van der Waals surface area contributed by atoms with Gasteiger partial charge in [-0.15, -0.1) is 11.8 Å². The van der Waals surface area contributed by atoms with Crippen molar-refractivity contribution in [1.82, 2.24) is 4.98 Å². The molecule has 1 aliphatic rings. The quantitative estimate of drug-likeness (QED) is 0.812. The molecular formula is C21H21NO2S. The molecule has 25 heavy (non-hydrogen) atoms. The summed E-state index contributed by atoms with van der Waals surface area (Å²) in [4.78, 5) is 16.3. The lowest BCUT2D eigenvalue weighted by atomic mass is 9.75. The highest BCUT2D eigenvalue weighted by atomic mass is 32.2. The number of nitrogens with zero attached hydrogens (tertiary/aromatic N) is 1. The molecule has 0 aliphatic carbocycles. The van der Waals surface area contributed by atoms with Crippen molar-refractivity contribution in [2.75, 3.05) is 5.75 Å². The molecule has 3 rings (SSSR count). The maximum Gasteiger partial charge on any atom is 0.337 e. The Hall–Kier alpha value is -2.25. The summed E-state index contributed by atoms with van der Waals surface area (Å²) in [6.45, 7) is 4.60. The third-order valence-electron chi connectivity index (χ3n) is 4.69. The summed E-state index contributed by atoms with van der Waals surface area (Å²) in [5.74, 6) is 6.40. The van der Waals surface area contributed by atoms with E-state index in [4.69, 9.17) is 5.11 Å². The maximum atomic E-state index is 10.9. The second-order valence-electron chi connectivity index (χ2n) is 6.61. The molecule has 0 saturated carbocycles. The summed E-state index contributed by atoms with van der Waals surface area (Å²) in [5, 5.41) is 8.91. The minimum Gasteiger partial charge on any atom is -0.478 e. The van der Waals surface area contributed by atoms with Gasteiger partial charge in [-0.3, -0.25) is 0 Å². The number of carboxylic acid groups (broad SMARTS) is 1. The van der Waals surface area contributed by atoms with Crippen LogP contribution in [-0.4, -0.2) is 21.8 Å². The lowest BCUT2D eigenvalue weighted by Gasteiger charge is -2.35. The maximum absolute atomic E-state index is 10.9. The van der Waals surface area contributed by atoms with Crippen molar-refractivity contribution >= 4 is 17.7 Å². The van der Waals surface area contributed by atoms with Gasteiger partial charge in [-0.1, -0.05) is 26.2 Å². The minimum atomic E-state index is -0.977. The van der Waals surface area contributed by atoms with Gasteiger partial charge in [0.1, 0.15) is 5.69 Å². The van der Waals surface area contributed by atoms with Gasteiger partial charge in [0, 0.05) is 16.7 Å². The average molecular weight is 351 g/mol. The zero-order valence-electron chi connectivity index (χ0n) is 14.5. The zero-order valence-corrected chi connectivity index (χ0v) is 15.3. The third-order valence-corrected chi connectivity index (χ3v) is 5.76. The zero-order chi connectivity index (χ0) is 17.9. The molecule has 2 heterocycles. The van der Waals surface area contributed by atoms with Crippen LogP contribution < -0.4 is 0 Å². The molecule has 1 unspecified atom stereocenters. The van der Waals surface area contributed by atoms with Gasteiger partial charge in [0.25, 0.3) is 0 Å². The van der Waals surface area contributed by atoms with Gasteiger partial charge in [0.15, 0.2) is 0 Å². The number of thioether (sulfide) groups is 1. The Morgan fingerprint density at radius 3 is 2.84 bits per heavy atom. The lowest BCUT2D eigenvalue weighted by Crippen LogP contribution is -2.26. The normalized spacial score (nSPS) is 18.8. The van der Waals surface area contributed by atoms with Gasteiger partial charge >= 0.3 is 5.97 Å². The number of carboxylic acids is 1. The molecule has 0 saturated heterocycles. The van der Waals surface area contributed by atoms with Gasteiger partial charge in [-0.2, -0.15) is 0 Å². The molecule has 0 fully saturated rings. The Morgan fingerprint density at radius 2 is 2.16 bits per heavy atom. The van der Waals surface area contributed by atoms with Crippen molar-refractivity contribution < 1.29 is 9.90 Å². The van der Waals surface area contributed by atoms with E-state index in [1.165, 1.54) is 47.7 Å². The second kappa shape index (κ2) is 7.33. The number of fused-ring (bicyclic) bond motifs is 1. The fraction of sp³-hybridized carbons (Fsp3) is 0.333. The van der Waals surface area contributed by atoms with Gasteiger partial charge < -0.3 is 5.11 Å². The molecule has 128 valence electrons. The number of hydrogen-bond acceptors (Lipinski definition) is 3. The van der Waals surface area contributed by atoms with Crippen LogP contribution >= 0.6 is 11.8 Å². The van der Waals surface area contributed by atoms with E-state index in [9.17, 15) is 4.79 Å². The largest absolute Gasteiger partial charge is 0.478 e. The molecule has 2 aromatic rings. The predicted molar refractivity (Wildman–Crippen MR) is 101 cm³/mol. The number of benzene rings is 1. The minimum absolute atomic E-state index is 0.173. The first-order valence-corrected chi connectivity index (χ1v) is 9.49. The Labute approximate surface area is 152 Å². The number of aromatic carboxylic acids is 1. The Bertz CT molecular complexity index is 848. The van der Waals surface area contributed by atoms with Crippen molar-refractivity contribution in [3.8, 4) is 11.8 Å². The molecular weight excluding hydrogens is 330 g/mol. The van der Waals surface area contributed by atoms with Crippen molar-refractivity contribution in [3.05, 3.63) is 58.9 Å². The lowest BCUT2D eigenvalue weighted by molar-refractivity contribution is 0.0696. The van der Waals surface area contributed by atoms with Crippen LogP contribution in [0.2, 0.25) is 0 Å². The van der Waals surface area contributed by atoms with Crippen molar-refractivity contribution in [3.63, 3.8) is 0 Å². The SMILES string of the molecule is CCCC1(C)CCSc2ccc(C#Cc3ccc(C(=O)O)cn3)cc21. The van der Waals surface area contributed by atoms with E-state index in [0.717, 1.165) is 5.56 Å². The molecule has 0 bridgehead atoms. The fourth-order valence-electron chi connectivity index (χ4n) is 3.27. The standard InChI is InChI=1S/C21H21NO2S/c1-3-10-21(2)11-12-25-19-9-5-15(13-18(19)21)4-7-17-8-6-16(14-22-17)20(23)24/h5-6,8-9,13-14H,3,10-12H2,1-2H3,(H,23,24). The number of hydrogen-bond donors (Lipinski definition) is 1. The van der Waals surface area contributed by atoms with E-state index in [1.807, 2.05) is 11.8 Å². The number of carbonyl (C=O) groups is 1. The highest BCUT2D eigenvalue weighted by Gasteiger charge is 2.31. The number of pyridine rings is 1. The number of rotatable bonds is 3. The molecule has 1 aromatic carbocycles. The Balaban J connectivity index is 1.89. The smallest absolute Gasteiger partial charge is 0.337 e. The second-order valence-corrected chi connectivity index (χ2v) is 7.74. The van der Waals surface area contributed by atoms with Crippen molar-refractivity contribution in [2.45, 2.75) is 43.4 Å². The first-order valence-electron chi connectivity index (χ1n) is 8.50. The highest BCUT2D eigenvalue weighted by molar-refractivity contribution is 7.99. The summed E-state index contributed by atoms with van der Waals surface area (Å²) >= 11 is 1.93. The molecule has 1 aliphatic heterocycles. The van der Waals surface area contributed by atoms with E-state index in [1.54, 1.807) is 6.07 Å². The van der Waals surface area contributed by atoms with Gasteiger partial charge in [-0.05, 0) is 65.8 Å². The molecule has 0 amide bonds. The summed E-state index contributed by atoms with van der Waals surface area (Å²) in [6, 6.07) is 9.63.